The largest absolute Gasteiger partial charge is 0.501 e. The summed E-state index contributed by atoms with van der Waals surface area (Å²) in [6.07, 6.45) is 1.44. The number of hydrogen-bond donors (Lipinski definition) is 0. The summed E-state index contributed by atoms with van der Waals surface area (Å²) in [5, 5.41) is 8.72. The number of nitrogens with zero attached hydrogens (tertiary/aromatic N) is 1. The first-order valence-corrected chi connectivity index (χ1v) is 9.49. The average molecular weight is 302 g/mol. The predicted molar refractivity (Wildman–Crippen MR) is 83.2 cm³/mol. The van der Waals surface area contributed by atoms with E-state index in [0.29, 0.717) is 24.3 Å². The Morgan fingerprint density at radius 1 is 1.00 bits per heavy atom. The van der Waals surface area contributed by atoms with E-state index in [0.717, 1.165) is 6.42 Å². The Labute approximate surface area is 125 Å². The lowest BCUT2D eigenvalue weighted by Gasteiger charge is -2.36. The van der Waals surface area contributed by atoms with Gasteiger partial charge in [0.25, 0.3) is 0 Å². The molecule has 0 radical (unpaired) electrons. The van der Waals surface area contributed by atoms with Gasteiger partial charge in [0, 0.05) is 25.7 Å². The Morgan fingerprint density at radius 3 is 1.90 bits per heavy atom. The summed E-state index contributed by atoms with van der Waals surface area (Å²) in [5.74, 6) is 0.813. The summed E-state index contributed by atoms with van der Waals surface area (Å²) in [4.78, 5) is 0. The zero-order chi connectivity index (χ0) is 15.8. The average Bonchev–Trinajstić information content (AvgIpc) is 2.34. The van der Waals surface area contributed by atoms with Crippen LogP contribution in [-0.4, -0.2) is 28.1 Å². The summed E-state index contributed by atoms with van der Waals surface area (Å²) >= 11 is 0. The van der Waals surface area contributed by atoms with Crippen LogP contribution in [0.25, 0.3) is 0 Å². The van der Waals surface area contributed by atoms with E-state index in [1.165, 1.54) is 0 Å². The maximum absolute atomic E-state index is 8.72. The molecular formula is C15H31NO3Si. The van der Waals surface area contributed by atoms with Crippen LogP contribution in [0.1, 0.15) is 54.4 Å². The first kappa shape index (κ1) is 19.6. The minimum atomic E-state index is -2.71. The van der Waals surface area contributed by atoms with Gasteiger partial charge in [-0.05, 0) is 32.1 Å². The molecule has 5 heteroatoms. The molecule has 0 amide bonds. The van der Waals surface area contributed by atoms with E-state index < -0.39 is 8.80 Å². The summed E-state index contributed by atoms with van der Waals surface area (Å²) in [7, 11) is -1.04. The number of rotatable bonds is 10. The molecule has 0 aliphatic heterocycles. The number of hydrogen-bond acceptors (Lipinski definition) is 4. The van der Waals surface area contributed by atoms with Crippen molar-refractivity contribution in [3.05, 3.63) is 0 Å². The van der Waals surface area contributed by atoms with Gasteiger partial charge in [0.05, 0.1) is 12.2 Å². The minimum Gasteiger partial charge on any atom is -0.377 e. The fourth-order valence-electron chi connectivity index (χ4n) is 2.34. The Hall–Kier alpha value is -0.413. The van der Waals surface area contributed by atoms with Crippen LogP contribution in [-0.2, 0) is 13.3 Å². The van der Waals surface area contributed by atoms with E-state index in [9.17, 15) is 0 Å². The van der Waals surface area contributed by atoms with E-state index in [2.05, 4.69) is 33.8 Å². The fourth-order valence-corrected chi connectivity index (χ4v) is 5.31. The standard InChI is InChI=1S/C15H31NO3Si/c1-12(2)15(13(3)4)19-20(17-7,18-14(5)6)11-9-8-10-16/h12-15H,8-9,11H2,1-7H3. The SMILES string of the molecule is CO[Si](CCCC#N)(OC(C)C)OC(C(C)C)C(C)C. The van der Waals surface area contributed by atoms with E-state index in [1.54, 1.807) is 7.11 Å². The highest BCUT2D eigenvalue weighted by molar-refractivity contribution is 6.60. The van der Waals surface area contributed by atoms with Gasteiger partial charge in [-0.25, -0.2) is 0 Å². The summed E-state index contributed by atoms with van der Waals surface area (Å²) in [6, 6.07) is 2.87. The van der Waals surface area contributed by atoms with Crippen molar-refractivity contribution < 1.29 is 13.3 Å². The van der Waals surface area contributed by atoms with Gasteiger partial charge in [0.2, 0.25) is 0 Å². The van der Waals surface area contributed by atoms with E-state index in [4.69, 9.17) is 18.5 Å². The summed E-state index contributed by atoms with van der Waals surface area (Å²) < 4.78 is 18.1. The third-order valence-corrected chi connectivity index (χ3v) is 6.18. The smallest absolute Gasteiger partial charge is 0.377 e. The molecule has 118 valence electrons. The van der Waals surface area contributed by atoms with Gasteiger partial charge in [-0.1, -0.05) is 27.7 Å². The van der Waals surface area contributed by atoms with Gasteiger partial charge in [0.1, 0.15) is 0 Å². The Kier molecular flexibility index (Phi) is 9.31. The number of nitriles is 1. The van der Waals surface area contributed by atoms with Crippen LogP contribution >= 0.6 is 0 Å². The van der Waals surface area contributed by atoms with Gasteiger partial charge < -0.3 is 13.3 Å². The maximum Gasteiger partial charge on any atom is 0.501 e. The second-order valence-corrected chi connectivity index (χ2v) is 8.88. The van der Waals surface area contributed by atoms with Crippen molar-refractivity contribution in [1.82, 2.24) is 0 Å². The molecule has 1 unspecified atom stereocenters. The van der Waals surface area contributed by atoms with Crippen molar-refractivity contribution in [2.45, 2.75) is 72.6 Å². The van der Waals surface area contributed by atoms with Gasteiger partial charge >= 0.3 is 8.80 Å². The molecule has 0 heterocycles. The molecule has 0 aromatic carbocycles. The van der Waals surface area contributed by atoms with Crippen molar-refractivity contribution in [3.8, 4) is 6.07 Å². The first-order chi connectivity index (χ1) is 9.28. The molecule has 0 N–H and O–H groups in total. The zero-order valence-electron chi connectivity index (χ0n) is 14.1. The fraction of sp³-hybridized carbons (Fsp3) is 0.933. The third-order valence-electron chi connectivity index (χ3n) is 3.13. The topological polar surface area (TPSA) is 51.5 Å². The Bertz CT molecular complexity index is 294. The van der Waals surface area contributed by atoms with E-state index in [-0.39, 0.29) is 12.2 Å². The van der Waals surface area contributed by atoms with Crippen LogP contribution in [0.3, 0.4) is 0 Å². The lowest BCUT2D eigenvalue weighted by Crippen LogP contribution is -2.51. The molecule has 0 saturated heterocycles. The normalized spacial score (nSPS) is 15.1. The van der Waals surface area contributed by atoms with Gasteiger partial charge in [-0.2, -0.15) is 5.26 Å². The molecule has 0 spiro atoms. The summed E-state index contributed by atoms with van der Waals surface area (Å²) in [6.45, 7) is 12.6. The number of unbranched alkanes of at least 4 members (excludes halogenated alkanes) is 1. The van der Waals surface area contributed by atoms with Crippen LogP contribution in [0.4, 0.5) is 0 Å². The molecule has 0 aromatic heterocycles. The predicted octanol–water partition coefficient (Wildman–Crippen LogP) is 4.00. The molecule has 0 saturated carbocycles. The quantitative estimate of drug-likeness (QED) is 0.452. The van der Waals surface area contributed by atoms with E-state index in [1.807, 2.05) is 13.8 Å². The molecule has 1 atom stereocenters. The highest BCUT2D eigenvalue weighted by atomic mass is 28.4. The molecule has 4 nitrogen and oxygen atoms in total. The second-order valence-electron chi connectivity index (χ2n) is 6.14. The zero-order valence-corrected chi connectivity index (χ0v) is 15.1. The molecule has 0 aromatic rings. The Morgan fingerprint density at radius 2 is 1.55 bits per heavy atom. The molecular weight excluding hydrogens is 270 g/mol. The molecule has 0 rings (SSSR count). The molecule has 0 aliphatic rings. The minimum absolute atomic E-state index is 0.0590. The lowest BCUT2D eigenvalue weighted by atomic mass is 9.97. The van der Waals surface area contributed by atoms with Crippen LogP contribution in [0, 0.1) is 23.2 Å². The van der Waals surface area contributed by atoms with Crippen LogP contribution in [0.15, 0.2) is 0 Å². The second kappa shape index (κ2) is 9.51. The highest BCUT2D eigenvalue weighted by Gasteiger charge is 2.44. The highest BCUT2D eigenvalue weighted by Crippen LogP contribution is 2.27. The summed E-state index contributed by atoms with van der Waals surface area (Å²) in [5.41, 5.74) is 0. The monoisotopic (exact) mass is 301 g/mol. The molecule has 0 fully saturated rings. The van der Waals surface area contributed by atoms with Crippen LogP contribution in [0.2, 0.25) is 6.04 Å². The third kappa shape index (κ3) is 6.85. The van der Waals surface area contributed by atoms with Crippen molar-refractivity contribution >= 4 is 8.80 Å². The van der Waals surface area contributed by atoms with Crippen molar-refractivity contribution in [2.24, 2.45) is 11.8 Å². The van der Waals surface area contributed by atoms with Crippen molar-refractivity contribution in [2.75, 3.05) is 7.11 Å². The molecule has 0 aliphatic carbocycles. The van der Waals surface area contributed by atoms with Crippen LogP contribution < -0.4 is 0 Å². The van der Waals surface area contributed by atoms with E-state index >= 15 is 0 Å². The van der Waals surface area contributed by atoms with Crippen LogP contribution in [0.5, 0.6) is 0 Å². The van der Waals surface area contributed by atoms with Gasteiger partial charge in [-0.3, -0.25) is 0 Å². The first-order valence-electron chi connectivity index (χ1n) is 7.55. The maximum atomic E-state index is 8.72. The Balaban J connectivity index is 5.01. The van der Waals surface area contributed by atoms with Crippen molar-refractivity contribution in [1.29, 1.82) is 5.26 Å². The van der Waals surface area contributed by atoms with Gasteiger partial charge in [0.15, 0.2) is 0 Å². The molecule has 0 bridgehead atoms. The van der Waals surface area contributed by atoms with Gasteiger partial charge in [-0.15, -0.1) is 0 Å². The lowest BCUT2D eigenvalue weighted by molar-refractivity contribution is -0.0113. The molecule has 20 heavy (non-hydrogen) atoms. The van der Waals surface area contributed by atoms with Crippen molar-refractivity contribution in [3.63, 3.8) is 0 Å².